The topological polar surface area (TPSA) is 157 Å². The highest BCUT2D eigenvalue weighted by molar-refractivity contribution is 6.22. The quantitative estimate of drug-likeness (QED) is 0.126. The van der Waals surface area contributed by atoms with E-state index in [1.54, 1.807) is 17.7 Å². The number of nitriles is 1. The van der Waals surface area contributed by atoms with Crippen molar-refractivity contribution in [1.29, 1.82) is 5.26 Å². The van der Waals surface area contributed by atoms with Crippen LogP contribution in [0.2, 0.25) is 0 Å². The average molecular weight is 589 g/mol. The standard InChI is InChI=1S/C26H24F4N8O4/c1-25(2)23(40)38(17-10-18(26(28,29)30)20(11-31)32-12-17)24(41)37(25)13-16-7-6-15(9-19(16)27)21-14-36(35-33-21)8-4-3-5-22(39)34-42/h6-7,9-10,12,14,42H,3-5,8,13H2,1-2H3,(H,34,39). The van der Waals surface area contributed by atoms with E-state index in [1.807, 2.05) is 0 Å². The Kier molecular flexibility index (Phi) is 8.25. The van der Waals surface area contributed by atoms with Crippen molar-refractivity contribution >= 4 is 23.5 Å². The van der Waals surface area contributed by atoms with Crippen molar-refractivity contribution in [2.45, 2.75) is 57.9 Å². The summed E-state index contributed by atoms with van der Waals surface area (Å²) in [5.41, 5.74) is -1.98. The third-order valence-electron chi connectivity index (χ3n) is 6.75. The molecule has 3 aromatic rings. The number of hydroxylamine groups is 1. The van der Waals surface area contributed by atoms with E-state index >= 15 is 4.39 Å². The molecule has 42 heavy (non-hydrogen) atoms. The number of unbranched alkanes of at least 4 members (excludes halogenated alkanes) is 1. The molecule has 1 saturated heterocycles. The van der Waals surface area contributed by atoms with Crippen molar-refractivity contribution in [2.75, 3.05) is 4.90 Å². The van der Waals surface area contributed by atoms with Gasteiger partial charge in [-0.1, -0.05) is 17.3 Å². The van der Waals surface area contributed by atoms with Crippen molar-refractivity contribution in [3.63, 3.8) is 0 Å². The first-order valence-electron chi connectivity index (χ1n) is 12.5. The van der Waals surface area contributed by atoms with Crippen LogP contribution in [-0.2, 0) is 28.9 Å². The van der Waals surface area contributed by atoms with E-state index in [4.69, 9.17) is 10.5 Å². The zero-order valence-electron chi connectivity index (χ0n) is 22.3. The Morgan fingerprint density at radius 1 is 1.19 bits per heavy atom. The lowest BCUT2D eigenvalue weighted by Gasteiger charge is -2.28. The summed E-state index contributed by atoms with van der Waals surface area (Å²) in [6.07, 6.45) is -1.31. The highest BCUT2D eigenvalue weighted by atomic mass is 19.4. The Morgan fingerprint density at radius 3 is 2.57 bits per heavy atom. The fourth-order valence-electron chi connectivity index (χ4n) is 4.37. The molecule has 4 amide bonds. The maximum Gasteiger partial charge on any atom is 0.419 e. The van der Waals surface area contributed by atoms with Crippen LogP contribution in [0.5, 0.6) is 0 Å². The number of carbonyl (C=O) groups is 3. The number of aromatic nitrogens is 4. The van der Waals surface area contributed by atoms with Gasteiger partial charge in [0.15, 0.2) is 5.69 Å². The van der Waals surface area contributed by atoms with E-state index in [1.165, 1.54) is 36.7 Å². The molecule has 0 atom stereocenters. The summed E-state index contributed by atoms with van der Waals surface area (Å²) in [5, 5.41) is 25.5. The predicted molar refractivity (Wildman–Crippen MR) is 136 cm³/mol. The maximum atomic E-state index is 15.2. The van der Waals surface area contributed by atoms with Crippen LogP contribution in [0.3, 0.4) is 0 Å². The lowest BCUT2D eigenvalue weighted by molar-refractivity contribution is -0.138. The van der Waals surface area contributed by atoms with Gasteiger partial charge in [-0.15, -0.1) is 5.10 Å². The summed E-state index contributed by atoms with van der Waals surface area (Å²) in [6, 6.07) is 5.00. The molecule has 0 bridgehead atoms. The number of halogens is 4. The van der Waals surface area contributed by atoms with Gasteiger partial charge in [-0.2, -0.15) is 18.4 Å². The fraction of sp³-hybridized carbons (Fsp3) is 0.346. The van der Waals surface area contributed by atoms with E-state index < -0.39 is 52.3 Å². The van der Waals surface area contributed by atoms with Gasteiger partial charge in [0.05, 0.1) is 30.2 Å². The molecule has 1 aromatic carbocycles. The van der Waals surface area contributed by atoms with Crippen LogP contribution >= 0.6 is 0 Å². The molecule has 1 aliphatic rings. The molecule has 0 saturated carbocycles. The van der Waals surface area contributed by atoms with E-state index in [0.29, 0.717) is 41.6 Å². The maximum absolute atomic E-state index is 15.2. The summed E-state index contributed by atoms with van der Waals surface area (Å²) in [7, 11) is 0. The van der Waals surface area contributed by atoms with Crippen LogP contribution in [0.4, 0.5) is 28.0 Å². The van der Waals surface area contributed by atoms with Gasteiger partial charge in [-0.05, 0) is 38.8 Å². The van der Waals surface area contributed by atoms with Gasteiger partial charge in [-0.3, -0.25) is 19.5 Å². The molecule has 12 nitrogen and oxygen atoms in total. The molecule has 4 rings (SSSR count). The highest BCUT2D eigenvalue weighted by Gasteiger charge is 2.52. The zero-order chi connectivity index (χ0) is 30.8. The second kappa shape index (κ2) is 11.5. The van der Waals surface area contributed by atoms with Crippen molar-refractivity contribution < 1.29 is 37.2 Å². The molecule has 2 aromatic heterocycles. The zero-order valence-corrected chi connectivity index (χ0v) is 22.3. The third kappa shape index (κ3) is 5.91. The number of aryl methyl sites for hydroxylation is 1. The first kappa shape index (κ1) is 30.1. The summed E-state index contributed by atoms with van der Waals surface area (Å²) in [5.74, 6) is -2.06. The smallest absolute Gasteiger partial charge is 0.305 e. The Bertz CT molecular complexity index is 1580. The first-order valence-corrected chi connectivity index (χ1v) is 12.5. The third-order valence-corrected chi connectivity index (χ3v) is 6.75. The van der Waals surface area contributed by atoms with Crippen LogP contribution in [0.1, 0.15) is 49.9 Å². The second-order valence-electron chi connectivity index (χ2n) is 9.93. The van der Waals surface area contributed by atoms with Gasteiger partial charge in [0.1, 0.15) is 23.1 Å². The van der Waals surface area contributed by atoms with E-state index in [9.17, 15) is 27.6 Å². The lowest BCUT2D eigenvalue weighted by atomic mass is 10.0. The van der Waals surface area contributed by atoms with Crippen molar-refractivity contribution in [2.24, 2.45) is 0 Å². The molecular weight excluding hydrogens is 564 g/mol. The minimum atomic E-state index is -4.95. The number of urea groups is 1. The SMILES string of the molecule is CC1(C)C(=O)N(c2cnc(C#N)c(C(F)(F)F)c2)C(=O)N1Cc1ccc(-c2cn(CCCCC(=O)NO)nn2)cc1F. The number of carbonyl (C=O) groups excluding carboxylic acids is 3. The summed E-state index contributed by atoms with van der Waals surface area (Å²) in [4.78, 5) is 42.6. The molecule has 1 fully saturated rings. The van der Waals surface area contributed by atoms with Crippen LogP contribution in [0.15, 0.2) is 36.7 Å². The van der Waals surface area contributed by atoms with E-state index in [-0.39, 0.29) is 18.5 Å². The van der Waals surface area contributed by atoms with Gasteiger partial charge in [0.2, 0.25) is 5.91 Å². The number of alkyl halides is 3. The van der Waals surface area contributed by atoms with Crippen LogP contribution in [0.25, 0.3) is 11.3 Å². The van der Waals surface area contributed by atoms with E-state index in [2.05, 4.69) is 15.3 Å². The second-order valence-corrected chi connectivity index (χ2v) is 9.93. The molecule has 1 aliphatic heterocycles. The number of hydrogen-bond donors (Lipinski definition) is 2. The average Bonchev–Trinajstić information content (AvgIpc) is 3.48. The van der Waals surface area contributed by atoms with E-state index in [0.717, 1.165) is 11.1 Å². The Hall–Kier alpha value is -4.91. The van der Waals surface area contributed by atoms with Crippen molar-refractivity contribution in [1.82, 2.24) is 30.4 Å². The molecule has 0 aliphatic carbocycles. The summed E-state index contributed by atoms with van der Waals surface area (Å²) < 4.78 is 57.1. The number of rotatable bonds is 9. The minimum Gasteiger partial charge on any atom is -0.305 e. The number of nitrogens with one attached hydrogen (secondary N) is 1. The Labute approximate surface area is 236 Å². The number of anilines is 1. The van der Waals surface area contributed by atoms with Gasteiger partial charge in [-0.25, -0.2) is 24.5 Å². The number of hydrogen-bond acceptors (Lipinski definition) is 8. The number of nitrogens with zero attached hydrogens (tertiary/aromatic N) is 7. The molecule has 0 unspecified atom stereocenters. The van der Waals surface area contributed by atoms with Crippen LogP contribution < -0.4 is 10.4 Å². The fourth-order valence-corrected chi connectivity index (χ4v) is 4.37. The molecule has 2 N–H and O–H groups in total. The minimum absolute atomic E-state index is 0.0401. The highest BCUT2D eigenvalue weighted by Crippen LogP contribution is 2.37. The molecule has 0 radical (unpaired) electrons. The molecule has 3 heterocycles. The van der Waals surface area contributed by atoms with Crippen LogP contribution in [-0.4, -0.2) is 53.5 Å². The molecule has 220 valence electrons. The Morgan fingerprint density at radius 2 is 1.93 bits per heavy atom. The largest absolute Gasteiger partial charge is 0.419 e. The summed E-state index contributed by atoms with van der Waals surface area (Å²) >= 11 is 0. The molecule has 16 heteroatoms. The van der Waals surface area contributed by atoms with Crippen LogP contribution in [0, 0.1) is 17.1 Å². The van der Waals surface area contributed by atoms with Crippen molar-refractivity contribution in [3.8, 4) is 17.3 Å². The predicted octanol–water partition coefficient (Wildman–Crippen LogP) is 3.79. The monoisotopic (exact) mass is 588 g/mol. The summed E-state index contributed by atoms with van der Waals surface area (Å²) in [6.45, 7) is 2.83. The normalized spacial score (nSPS) is 14.8. The molecule has 0 spiro atoms. The van der Waals surface area contributed by atoms with Gasteiger partial charge in [0, 0.05) is 24.1 Å². The molecular formula is C26H24F4N8O4. The van der Waals surface area contributed by atoms with Gasteiger partial charge in [0.25, 0.3) is 5.91 Å². The lowest BCUT2D eigenvalue weighted by Crippen LogP contribution is -2.43. The number of benzene rings is 1. The number of imide groups is 1. The number of amides is 4. The first-order chi connectivity index (χ1) is 19.8. The van der Waals surface area contributed by atoms with Crippen molar-refractivity contribution in [3.05, 3.63) is 59.3 Å². The van der Waals surface area contributed by atoms with Gasteiger partial charge < -0.3 is 4.90 Å². The Balaban J connectivity index is 1.51. The van der Waals surface area contributed by atoms with Gasteiger partial charge >= 0.3 is 12.2 Å². The number of pyridine rings is 1.